The monoisotopic (exact) mass is 604 g/mol. The van der Waals surface area contributed by atoms with Crippen molar-refractivity contribution in [2.45, 2.75) is 130 Å². The Morgan fingerprint density at radius 1 is 0.953 bits per heavy atom. The molecular weight excluding hydrogens is 548 g/mol. The van der Waals surface area contributed by atoms with Gasteiger partial charge in [0.1, 0.15) is 18.3 Å². The highest BCUT2D eigenvalue weighted by Gasteiger charge is 2.71. The Hall–Kier alpha value is -1.03. The number of fused-ring (bicyclic) bond motifs is 7. The number of rotatable bonds is 4. The molecular formula is C35H56O8. The van der Waals surface area contributed by atoms with Crippen LogP contribution in [0.3, 0.4) is 0 Å². The van der Waals surface area contributed by atoms with Gasteiger partial charge >= 0.3 is 5.97 Å². The van der Waals surface area contributed by atoms with E-state index in [1.165, 1.54) is 5.57 Å². The maximum atomic E-state index is 13.0. The van der Waals surface area contributed by atoms with E-state index in [0.717, 1.165) is 51.4 Å². The molecule has 1 saturated heterocycles. The third-order valence-corrected chi connectivity index (χ3v) is 15.1. The fourth-order valence-corrected chi connectivity index (χ4v) is 12.3. The minimum Gasteiger partial charge on any atom is -0.481 e. The molecule has 0 amide bonds. The molecule has 0 aromatic rings. The highest BCUT2D eigenvalue weighted by molar-refractivity contribution is 5.76. The first-order valence-corrected chi connectivity index (χ1v) is 17.0. The van der Waals surface area contributed by atoms with Gasteiger partial charge in [0.05, 0.1) is 24.7 Å². The summed E-state index contributed by atoms with van der Waals surface area (Å²) in [6.07, 6.45) is 5.16. The summed E-state index contributed by atoms with van der Waals surface area (Å²) in [7, 11) is 0. The van der Waals surface area contributed by atoms with E-state index in [1.54, 1.807) is 0 Å². The van der Waals surface area contributed by atoms with E-state index in [1.807, 2.05) is 0 Å². The Kier molecular flexibility index (Phi) is 7.79. The van der Waals surface area contributed by atoms with Crippen LogP contribution in [-0.2, 0) is 14.3 Å². The van der Waals surface area contributed by atoms with Gasteiger partial charge in [-0.1, -0.05) is 53.2 Å². The number of hydrogen-bond donors (Lipinski definition) is 5. The van der Waals surface area contributed by atoms with E-state index in [2.05, 4.69) is 47.6 Å². The van der Waals surface area contributed by atoms with Crippen LogP contribution in [0.1, 0.15) is 99.3 Å². The van der Waals surface area contributed by atoms with E-state index in [-0.39, 0.29) is 47.4 Å². The van der Waals surface area contributed by atoms with Gasteiger partial charge < -0.3 is 35.0 Å². The zero-order chi connectivity index (χ0) is 31.3. The molecule has 8 nitrogen and oxygen atoms in total. The van der Waals surface area contributed by atoms with Crippen molar-refractivity contribution in [3.05, 3.63) is 11.6 Å². The molecule has 1 aliphatic heterocycles. The fourth-order valence-electron chi connectivity index (χ4n) is 12.3. The van der Waals surface area contributed by atoms with Crippen LogP contribution in [0, 0.1) is 56.7 Å². The largest absolute Gasteiger partial charge is 0.481 e. The number of carboxylic acids is 1. The van der Waals surface area contributed by atoms with Crippen molar-refractivity contribution in [3.63, 3.8) is 0 Å². The summed E-state index contributed by atoms with van der Waals surface area (Å²) in [5.41, 5.74) is -0.262. The number of allylic oxidation sites excluding steroid dienone is 1. The highest BCUT2D eigenvalue weighted by Crippen LogP contribution is 2.76. The lowest BCUT2D eigenvalue weighted by Gasteiger charge is -2.71. The highest BCUT2D eigenvalue weighted by atomic mass is 16.7. The van der Waals surface area contributed by atoms with Crippen molar-refractivity contribution < 1.29 is 39.8 Å². The summed E-state index contributed by atoms with van der Waals surface area (Å²) in [6.45, 7) is 13.9. The average molecular weight is 605 g/mol. The summed E-state index contributed by atoms with van der Waals surface area (Å²) in [6, 6.07) is 0. The quantitative estimate of drug-likeness (QED) is 0.233. The van der Waals surface area contributed by atoms with Crippen molar-refractivity contribution in [1.29, 1.82) is 0 Å². The molecule has 0 aromatic carbocycles. The summed E-state index contributed by atoms with van der Waals surface area (Å²) in [5.74, 6) is 0.720. The van der Waals surface area contributed by atoms with Gasteiger partial charge in [-0.3, -0.25) is 4.79 Å². The van der Waals surface area contributed by atoms with Crippen molar-refractivity contribution >= 4 is 5.97 Å². The van der Waals surface area contributed by atoms with Gasteiger partial charge in [-0.15, -0.1) is 0 Å². The van der Waals surface area contributed by atoms with Crippen LogP contribution in [0.4, 0.5) is 0 Å². The second-order valence-electron chi connectivity index (χ2n) is 16.8. The number of hydrogen-bond acceptors (Lipinski definition) is 7. The summed E-state index contributed by atoms with van der Waals surface area (Å²) < 4.78 is 12.1. The summed E-state index contributed by atoms with van der Waals surface area (Å²) in [4.78, 5) is 13.0. The van der Waals surface area contributed by atoms with Gasteiger partial charge in [0.25, 0.3) is 0 Å². The molecule has 1 heterocycles. The van der Waals surface area contributed by atoms with Gasteiger partial charge in [0, 0.05) is 5.41 Å². The van der Waals surface area contributed by atoms with Crippen molar-refractivity contribution in [2.75, 3.05) is 13.2 Å². The minimum atomic E-state index is -1.30. The first-order chi connectivity index (χ1) is 20.1. The normalized spacial score (nSPS) is 54.3. The Balaban J connectivity index is 1.33. The maximum Gasteiger partial charge on any atom is 0.310 e. The summed E-state index contributed by atoms with van der Waals surface area (Å²) >= 11 is 0. The SMILES string of the molecule is C[C@H]1[C@H](C)CC[C@]2(C(=O)O)CC[C@]3(CO)C(=CC[C@@H]4[C@@]5(C)CC[C@H](O[C@@H]6OC[C@H](O)[C@H](O)[C@H]6O)C(C)(C)[C@@H]5CC[C@]43C)[C@H]12. The molecule has 0 unspecified atom stereocenters. The number of ether oxygens (including phenoxy) is 2. The lowest BCUT2D eigenvalue weighted by molar-refractivity contribution is -0.308. The van der Waals surface area contributed by atoms with Crippen molar-refractivity contribution in [1.82, 2.24) is 0 Å². The first-order valence-electron chi connectivity index (χ1n) is 17.0. The molecule has 0 radical (unpaired) electrons. The first kappa shape index (κ1) is 31.9. The van der Waals surface area contributed by atoms with Crippen LogP contribution >= 0.6 is 0 Å². The van der Waals surface area contributed by atoms with Crippen LogP contribution in [0.5, 0.6) is 0 Å². The molecule has 5 fully saturated rings. The van der Waals surface area contributed by atoms with Gasteiger partial charge in [-0.2, -0.15) is 0 Å². The molecule has 244 valence electrons. The molecule has 4 saturated carbocycles. The standard InChI is InChI=1S/C35H56O8/c1-19-9-14-34(30(40)41)15-16-35(18-36)21(26(34)20(19)2)7-8-24-32(5)12-11-25(31(3,4)23(32)10-13-33(24,35)6)43-29-28(39)27(38)22(37)17-42-29/h7,19-20,22-29,36-39H,8-18H2,1-6H3,(H,40,41)/t19-,20+,22+,23+,24-,25+,26+,27+,28-,29+,32+,33-,34+,35+/m1/s1. The van der Waals surface area contributed by atoms with Crippen LogP contribution in [0.2, 0.25) is 0 Å². The Labute approximate surface area is 257 Å². The Morgan fingerprint density at radius 3 is 2.35 bits per heavy atom. The van der Waals surface area contributed by atoms with Crippen molar-refractivity contribution in [2.24, 2.45) is 56.7 Å². The minimum absolute atomic E-state index is 0.00485. The molecule has 8 heteroatoms. The zero-order valence-electron chi connectivity index (χ0n) is 27.1. The molecule has 0 aromatic heterocycles. The number of carboxylic acid groups (broad SMARTS) is 1. The summed E-state index contributed by atoms with van der Waals surface area (Å²) in [5, 5.41) is 52.8. The predicted octanol–water partition coefficient (Wildman–Crippen LogP) is 4.53. The van der Waals surface area contributed by atoms with E-state index in [0.29, 0.717) is 24.2 Å². The van der Waals surface area contributed by atoms with Gasteiger partial charge in [-0.25, -0.2) is 0 Å². The molecule has 6 rings (SSSR count). The van der Waals surface area contributed by atoms with Gasteiger partial charge in [-0.05, 0) is 104 Å². The van der Waals surface area contributed by atoms with Crippen LogP contribution in [0.25, 0.3) is 0 Å². The van der Waals surface area contributed by atoms with E-state index in [9.17, 15) is 30.3 Å². The van der Waals surface area contributed by atoms with Gasteiger partial charge in [0.15, 0.2) is 6.29 Å². The molecule has 43 heavy (non-hydrogen) atoms. The Morgan fingerprint density at radius 2 is 1.67 bits per heavy atom. The predicted molar refractivity (Wildman–Crippen MR) is 161 cm³/mol. The van der Waals surface area contributed by atoms with Crippen molar-refractivity contribution in [3.8, 4) is 0 Å². The number of carbonyl (C=O) groups is 1. The number of aliphatic carboxylic acids is 1. The van der Waals surface area contributed by atoms with Crippen LogP contribution in [-0.4, -0.2) is 75.4 Å². The molecule has 0 spiro atoms. The zero-order valence-corrected chi connectivity index (χ0v) is 27.1. The van der Waals surface area contributed by atoms with E-state index >= 15 is 0 Å². The molecule has 5 aliphatic carbocycles. The average Bonchev–Trinajstić information content (AvgIpc) is 2.95. The molecule has 0 bridgehead atoms. The topological polar surface area (TPSA) is 137 Å². The number of aliphatic hydroxyl groups is 4. The second-order valence-corrected chi connectivity index (χ2v) is 16.8. The second kappa shape index (κ2) is 10.5. The molecule has 14 atom stereocenters. The Bertz CT molecular complexity index is 1140. The number of aliphatic hydroxyl groups excluding tert-OH is 4. The fraction of sp³-hybridized carbons (Fsp3) is 0.914. The lowest BCUT2D eigenvalue weighted by Crippen LogP contribution is -2.67. The van der Waals surface area contributed by atoms with Crippen LogP contribution < -0.4 is 0 Å². The molecule has 5 N–H and O–H groups in total. The molecule has 6 aliphatic rings. The third-order valence-electron chi connectivity index (χ3n) is 15.1. The van der Waals surface area contributed by atoms with Gasteiger partial charge in [0.2, 0.25) is 0 Å². The lowest BCUT2D eigenvalue weighted by atomic mass is 9.33. The maximum absolute atomic E-state index is 13.0. The van der Waals surface area contributed by atoms with E-state index in [4.69, 9.17) is 9.47 Å². The van der Waals surface area contributed by atoms with E-state index < -0.39 is 41.4 Å². The smallest absolute Gasteiger partial charge is 0.310 e. The third kappa shape index (κ3) is 4.18. The van der Waals surface area contributed by atoms with Crippen LogP contribution in [0.15, 0.2) is 11.6 Å².